The SMILES string of the molecule is Nc1ccc(C(F)(F)F)c(C(F)(F)F)c1/C=C/C(=O)O. The Bertz CT molecular complexity index is 559. The number of nitrogens with two attached hydrogens (primary N) is 1. The van der Waals surface area contributed by atoms with Gasteiger partial charge >= 0.3 is 18.3 Å². The van der Waals surface area contributed by atoms with E-state index in [2.05, 4.69) is 0 Å². The highest BCUT2D eigenvalue weighted by atomic mass is 19.4. The topological polar surface area (TPSA) is 63.3 Å². The van der Waals surface area contributed by atoms with Gasteiger partial charge in [0.2, 0.25) is 0 Å². The second-order valence-corrected chi connectivity index (χ2v) is 3.66. The van der Waals surface area contributed by atoms with Crippen LogP contribution < -0.4 is 5.73 Å². The van der Waals surface area contributed by atoms with Crippen LogP contribution in [-0.2, 0) is 17.1 Å². The third kappa shape index (κ3) is 3.43. The van der Waals surface area contributed by atoms with Gasteiger partial charge in [0, 0.05) is 17.3 Å². The van der Waals surface area contributed by atoms with Crippen LogP contribution in [0, 0.1) is 0 Å². The molecule has 0 saturated heterocycles. The Kier molecular flexibility index (Phi) is 4.02. The van der Waals surface area contributed by atoms with E-state index < -0.39 is 40.7 Å². The molecule has 3 N–H and O–H groups in total. The monoisotopic (exact) mass is 299 g/mol. The number of benzene rings is 1. The van der Waals surface area contributed by atoms with Crippen molar-refractivity contribution in [2.24, 2.45) is 0 Å². The molecular weight excluding hydrogens is 292 g/mol. The lowest BCUT2D eigenvalue weighted by Crippen LogP contribution is -2.19. The second kappa shape index (κ2) is 5.06. The van der Waals surface area contributed by atoms with Gasteiger partial charge in [-0.05, 0) is 18.2 Å². The maximum atomic E-state index is 12.8. The van der Waals surface area contributed by atoms with Crippen molar-refractivity contribution < 1.29 is 36.2 Å². The number of alkyl halides is 6. The van der Waals surface area contributed by atoms with E-state index in [1.54, 1.807) is 0 Å². The molecule has 1 rings (SSSR count). The first kappa shape index (κ1) is 15.9. The summed E-state index contributed by atoms with van der Waals surface area (Å²) in [5, 5.41) is 8.36. The van der Waals surface area contributed by atoms with E-state index in [9.17, 15) is 31.1 Å². The molecule has 0 aliphatic carbocycles. The van der Waals surface area contributed by atoms with Crippen molar-refractivity contribution in [1.29, 1.82) is 0 Å². The molecule has 0 radical (unpaired) electrons. The fourth-order valence-electron chi connectivity index (χ4n) is 1.51. The van der Waals surface area contributed by atoms with E-state index in [1.165, 1.54) is 0 Å². The Morgan fingerprint density at radius 3 is 2.05 bits per heavy atom. The number of carboxylic acids is 1. The van der Waals surface area contributed by atoms with Gasteiger partial charge in [0.15, 0.2) is 0 Å². The molecule has 0 unspecified atom stereocenters. The summed E-state index contributed by atoms with van der Waals surface area (Å²) in [5.41, 5.74) is -0.374. The summed E-state index contributed by atoms with van der Waals surface area (Å²) < 4.78 is 76.2. The molecule has 20 heavy (non-hydrogen) atoms. The van der Waals surface area contributed by atoms with Crippen LogP contribution in [0.25, 0.3) is 6.08 Å². The average molecular weight is 299 g/mol. The Morgan fingerprint density at radius 2 is 1.65 bits per heavy atom. The predicted molar refractivity (Wildman–Crippen MR) is 57.5 cm³/mol. The average Bonchev–Trinajstić information content (AvgIpc) is 2.23. The number of carbonyl (C=O) groups is 1. The summed E-state index contributed by atoms with van der Waals surface area (Å²) in [5.74, 6) is -1.62. The van der Waals surface area contributed by atoms with E-state index in [0.717, 1.165) is 0 Å². The lowest BCUT2D eigenvalue weighted by atomic mass is 9.97. The highest BCUT2D eigenvalue weighted by Crippen LogP contribution is 2.44. The summed E-state index contributed by atoms with van der Waals surface area (Å²) in [6.07, 6.45) is -9.92. The van der Waals surface area contributed by atoms with Crippen molar-refractivity contribution in [3.63, 3.8) is 0 Å². The largest absolute Gasteiger partial charge is 0.478 e. The molecule has 9 heteroatoms. The van der Waals surface area contributed by atoms with Gasteiger partial charge in [-0.1, -0.05) is 0 Å². The molecule has 0 aliphatic rings. The van der Waals surface area contributed by atoms with Crippen molar-refractivity contribution in [3.05, 3.63) is 34.9 Å². The summed E-state index contributed by atoms with van der Waals surface area (Å²) in [6, 6.07) is 0.843. The molecule has 0 bridgehead atoms. The molecule has 1 aromatic carbocycles. The van der Waals surface area contributed by atoms with Crippen LogP contribution in [0.5, 0.6) is 0 Å². The smallest absolute Gasteiger partial charge is 0.417 e. The molecule has 3 nitrogen and oxygen atoms in total. The number of halogens is 6. The molecule has 0 spiro atoms. The zero-order valence-corrected chi connectivity index (χ0v) is 9.51. The van der Waals surface area contributed by atoms with Crippen molar-refractivity contribution in [2.45, 2.75) is 12.4 Å². The van der Waals surface area contributed by atoms with Gasteiger partial charge in [0.25, 0.3) is 0 Å². The molecule has 110 valence electrons. The number of rotatable bonds is 2. The van der Waals surface area contributed by atoms with Gasteiger partial charge in [-0.3, -0.25) is 0 Å². The van der Waals surface area contributed by atoms with Crippen LogP contribution >= 0.6 is 0 Å². The third-order valence-electron chi connectivity index (χ3n) is 2.26. The van der Waals surface area contributed by atoms with Crippen LogP contribution in [0.3, 0.4) is 0 Å². The van der Waals surface area contributed by atoms with Crippen LogP contribution in [0.4, 0.5) is 32.0 Å². The Hall–Kier alpha value is -2.19. The summed E-state index contributed by atoms with van der Waals surface area (Å²) >= 11 is 0. The van der Waals surface area contributed by atoms with Crippen LogP contribution in [0.15, 0.2) is 18.2 Å². The van der Waals surface area contributed by atoms with Crippen molar-refractivity contribution in [2.75, 3.05) is 5.73 Å². The minimum absolute atomic E-state index is 0.205. The predicted octanol–water partition coefficient (Wildman–Crippen LogP) is 3.40. The van der Waals surface area contributed by atoms with E-state index in [1.807, 2.05) is 0 Å². The van der Waals surface area contributed by atoms with E-state index >= 15 is 0 Å². The minimum Gasteiger partial charge on any atom is -0.478 e. The number of anilines is 1. The number of hydrogen-bond donors (Lipinski definition) is 2. The first-order chi connectivity index (χ1) is 8.94. The molecule has 0 aliphatic heterocycles. The Morgan fingerprint density at radius 1 is 1.10 bits per heavy atom. The van der Waals surface area contributed by atoms with Crippen LogP contribution in [0.2, 0.25) is 0 Å². The third-order valence-corrected chi connectivity index (χ3v) is 2.26. The molecule has 1 aromatic rings. The van der Waals surface area contributed by atoms with E-state index in [0.29, 0.717) is 12.1 Å². The lowest BCUT2D eigenvalue weighted by molar-refractivity contribution is -0.162. The first-order valence-electron chi connectivity index (χ1n) is 4.92. The van der Waals surface area contributed by atoms with Crippen LogP contribution in [0.1, 0.15) is 16.7 Å². The first-order valence-corrected chi connectivity index (χ1v) is 4.92. The van der Waals surface area contributed by atoms with Gasteiger partial charge in [-0.2, -0.15) is 26.3 Å². The quantitative estimate of drug-likeness (QED) is 0.500. The zero-order valence-electron chi connectivity index (χ0n) is 9.51. The maximum absolute atomic E-state index is 12.8. The lowest BCUT2D eigenvalue weighted by Gasteiger charge is -2.19. The normalized spacial score (nSPS) is 12.9. The van der Waals surface area contributed by atoms with Crippen molar-refractivity contribution >= 4 is 17.7 Å². The highest BCUT2D eigenvalue weighted by molar-refractivity contribution is 5.87. The molecular formula is C11H7F6NO2. The summed E-state index contributed by atoms with van der Waals surface area (Å²) in [6.45, 7) is 0. The summed E-state index contributed by atoms with van der Waals surface area (Å²) in [4.78, 5) is 10.3. The number of nitrogen functional groups attached to an aromatic ring is 1. The fraction of sp³-hybridized carbons (Fsp3) is 0.182. The van der Waals surface area contributed by atoms with E-state index in [-0.39, 0.29) is 12.1 Å². The number of carboxylic acid groups (broad SMARTS) is 1. The van der Waals surface area contributed by atoms with Gasteiger partial charge in [-0.25, -0.2) is 4.79 Å². The molecule has 0 amide bonds. The van der Waals surface area contributed by atoms with Gasteiger partial charge in [-0.15, -0.1) is 0 Å². The minimum atomic E-state index is -5.33. The molecule has 0 saturated carbocycles. The van der Waals surface area contributed by atoms with E-state index in [4.69, 9.17) is 10.8 Å². The number of aliphatic carboxylic acids is 1. The molecule has 0 atom stereocenters. The van der Waals surface area contributed by atoms with Gasteiger partial charge < -0.3 is 10.8 Å². The molecule has 0 aromatic heterocycles. The maximum Gasteiger partial charge on any atom is 0.417 e. The van der Waals surface area contributed by atoms with Crippen molar-refractivity contribution in [3.8, 4) is 0 Å². The standard InChI is InChI=1S/C11H7F6NO2/c12-10(13,14)6-2-3-7(18)5(1-4-8(19)20)9(6)11(15,16)17/h1-4H,18H2,(H,19,20)/b4-1+. The summed E-state index contributed by atoms with van der Waals surface area (Å²) in [7, 11) is 0. The van der Waals surface area contributed by atoms with Crippen LogP contribution in [-0.4, -0.2) is 11.1 Å². The molecule has 0 heterocycles. The van der Waals surface area contributed by atoms with Crippen molar-refractivity contribution in [1.82, 2.24) is 0 Å². The Labute approximate surface area is 108 Å². The van der Waals surface area contributed by atoms with Gasteiger partial charge in [0.1, 0.15) is 0 Å². The highest BCUT2D eigenvalue weighted by Gasteiger charge is 2.44. The molecule has 0 fully saturated rings. The second-order valence-electron chi connectivity index (χ2n) is 3.66. The zero-order chi connectivity index (χ0) is 15.7. The number of hydrogen-bond acceptors (Lipinski definition) is 2. The Balaban J connectivity index is 3.68. The van der Waals surface area contributed by atoms with Gasteiger partial charge in [0.05, 0.1) is 11.1 Å². The fourth-order valence-corrected chi connectivity index (χ4v) is 1.51.